The monoisotopic (exact) mass is 250 g/mol. The fourth-order valence-corrected chi connectivity index (χ4v) is 0.867. The van der Waals surface area contributed by atoms with E-state index < -0.39 is 19.1 Å². The fourth-order valence-electron chi connectivity index (χ4n) is 0.867. The first-order valence-electron chi connectivity index (χ1n) is 3.71. The smallest absolute Gasteiger partial charge is 0.339 e. The minimum atomic E-state index is -4.64. The molecule has 0 aliphatic heterocycles. The minimum absolute atomic E-state index is 0.277. The van der Waals surface area contributed by atoms with Crippen LogP contribution < -0.4 is 11.2 Å². The van der Waals surface area contributed by atoms with E-state index in [9.17, 15) is 9.59 Å². The summed E-state index contributed by atoms with van der Waals surface area (Å²) >= 11 is 0. The second-order valence-electron chi connectivity index (χ2n) is 2.55. The number of aromatic amines is 3. The molecule has 0 aliphatic carbocycles. The van der Waals surface area contributed by atoms with Gasteiger partial charge in [-0.1, -0.05) is 0 Å². The van der Waals surface area contributed by atoms with Crippen LogP contribution in [-0.4, -0.2) is 34.6 Å². The molecule has 0 fully saturated rings. The van der Waals surface area contributed by atoms with E-state index in [-0.39, 0.29) is 11.2 Å². The average molecular weight is 250 g/mol. The van der Waals surface area contributed by atoms with Crippen molar-refractivity contribution in [2.45, 2.75) is 0 Å². The summed E-state index contributed by atoms with van der Waals surface area (Å²) in [6.45, 7) is 0. The molecule has 0 aliphatic rings. The normalized spacial score (nSPS) is 10.9. The van der Waals surface area contributed by atoms with Crippen molar-refractivity contribution in [2.75, 3.05) is 0 Å². The van der Waals surface area contributed by atoms with E-state index in [0.717, 1.165) is 0 Å². The maximum Gasteiger partial charge on any atom is 0.466 e. The lowest BCUT2D eigenvalue weighted by molar-refractivity contribution is 0.275. The average Bonchev–Trinajstić information content (AvgIpc) is 2.47. The third-order valence-corrected chi connectivity index (χ3v) is 1.33. The zero-order chi connectivity index (χ0) is 12.3. The zero-order valence-electron chi connectivity index (χ0n) is 7.54. The van der Waals surface area contributed by atoms with Crippen LogP contribution in [0.1, 0.15) is 0 Å². The highest BCUT2D eigenvalue weighted by Gasteiger charge is 2.00. The zero-order valence-corrected chi connectivity index (χ0v) is 8.43. The second-order valence-corrected chi connectivity index (χ2v) is 3.57. The lowest BCUT2D eigenvalue weighted by atomic mass is 10.5. The lowest BCUT2D eigenvalue weighted by Crippen LogP contribution is -2.21. The molecule has 16 heavy (non-hydrogen) atoms. The van der Waals surface area contributed by atoms with Crippen LogP contribution in [-0.2, 0) is 4.57 Å². The maximum atomic E-state index is 10.9. The molecule has 2 aromatic rings. The van der Waals surface area contributed by atoms with Gasteiger partial charge in [-0.15, -0.1) is 0 Å². The number of phosphoric acid groups is 1. The van der Waals surface area contributed by atoms with Gasteiger partial charge in [0.2, 0.25) is 0 Å². The molecule has 2 rings (SSSR count). The topological polar surface area (TPSA) is 172 Å². The molecule has 0 radical (unpaired) electrons. The molecule has 0 atom stereocenters. The predicted molar refractivity (Wildman–Crippen MR) is 51.6 cm³/mol. The van der Waals surface area contributed by atoms with E-state index >= 15 is 0 Å². The van der Waals surface area contributed by atoms with Crippen LogP contribution in [0.25, 0.3) is 11.2 Å². The van der Waals surface area contributed by atoms with E-state index in [2.05, 4.69) is 19.9 Å². The van der Waals surface area contributed by atoms with Crippen molar-refractivity contribution in [1.82, 2.24) is 19.9 Å². The first-order valence-corrected chi connectivity index (χ1v) is 5.28. The largest absolute Gasteiger partial charge is 0.466 e. The van der Waals surface area contributed by atoms with Crippen LogP contribution in [0.5, 0.6) is 0 Å². The minimum Gasteiger partial charge on any atom is -0.339 e. The first-order chi connectivity index (χ1) is 7.27. The van der Waals surface area contributed by atoms with Gasteiger partial charge in [-0.05, 0) is 0 Å². The number of nitrogens with one attached hydrogen (secondary N) is 3. The van der Waals surface area contributed by atoms with Crippen LogP contribution in [0.4, 0.5) is 0 Å². The number of imidazole rings is 1. The Morgan fingerprint density at radius 1 is 1.19 bits per heavy atom. The number of hydrogen-bond acceptors (Lipinski definition) is 4. The van der Waals surface area contributed by atoms with Gasteiger partial charge < -0.3 is 19.7 Å². The van der Waals surface area contributed by atoms with Gasteiger partial charge in [-0.2, -0.15) is 0 Å². The van der Waals surface area contributed by atoms with Crippen LogP contribution >= 0.6 is 7.82 Å². The summed E-state index contributed by atoms with van der Waals surface area (Å²) in [5.41, 5.74) is -0.445. The van der Waals surface area contributed by atoms with Crippen molar-refractivity contribution < 1.29 is 19.2 Å². The van der Waals surface area contributed by atoms with Crippen molar-refractivity contribution in [3.63, 3.8) is 0 Å². The first kappa shape index (κ1) is 12.3. The maximum absolute atomic E-state index is 10.9. The molecular weight excluding hydrogens is 243 g/mol. The Morgan fingerprint density at radius 2 is 1.75 bits per heavy atom. The van der Waals surface area contributed by atoms with E-state index in [1.165, 1.54) is 6.33 Å². The Hall–Kier alpha value is -1.74. The summed E-state index contributed by atoms with van der Waals surface area (Å²) in [6, 6.07) is 0. The number of rotatable bonds is 0. The molecule has 11 heteroatoms. The van der Waals surface area contributed by atoms with Crippen LogP contribution in [0, 0.1) is 0 Å². The molecule has 0 aromatic carbocycles. The van der Waals surface area contributed by atoms with Gasteiger partial charge in [0.05, 0.1) is 6.33 Å². The SMILES string of the molecule is O=P(O)(O)O.O=c1[nH]c(=O)c2[nH]cnc2[nH]1. The summed E-state index contributed by atoms with van der Waals surface area (Å²) in [5, 5.41) is 0. The van der Waals surface area contributed by atoms with Crippen molar-refractivity contribution in [3.8, 4) is 0 Å². The molecule has 88 valence electrons. The summed E-state index contributed by atoms with van der Waals surface area (Å²) in [5.74, 6) is 0. The lowest BCUT2D eigenvalue weighted by Gasteiger charge is -1.83. The Morgan fingerprint density at radius 3 is 2.31 bits per heavy atom. The summed E-state index contributed by atoms with van der Waals surface area (Å²) < 4.78 is 8.88. The number of aromatic nitrogens is 4. The molecule has 0 saturated carbocycles. The molecule has 2 aromatic heterocycles. The van der Waals surface area contributed by atoms with Gasteiger partial charge in [-0.3, -0.25) is 14.8 Å². The highest BCUT2D eigenvalue weighted by atomic mass is 31.2. The summed E-state index contributed by atoms with van der Waals surface area (Å²) in [4.78, 5) is 53.8. The Kier molecular flexibility index (Phi) is 3.40. The van der Waals surface area contributed by atoms with E-state index in [1.807, 2.05) is 0 Å². The van der Waals surface area contributed by atoms with Crippen molar-refractivity contribution in [1.29, 1.82) is 0 Å². The van der Waals surface area contributed by atoms with E-state index in [0.29, 0.717) is 0 Å². The van der Waals surface area contributed by atoms with Gasteiger partial charge >= 0.3 is 13.5 Å². The Bertz CT molecular complexity index is 626. The third kappa shape index (κ3) is 3.79. The molecule has 0 spiro atoms. The molecule has 6 N–H and O–H groups in total. The van der Waals surface area contributed by atoms with Gasteiger partial charge in [0, 0.05) is 0 Å². The quantitative estimate of drug-likeness (QED) is 0.293. The van der Waals surface area contributed by atoms with Gasteiger partial charge in [0.25, 0.3) is 5.56 Å². The number of nitrogens with zero attached hydrogens (tertiary/aromatic N) is 1. The van der Waals surface area contributed by atoms with Gasteiger partial charge in [0.1, 0.15) is 5.52 Å². The van der Waals surface area contributed by atoms with E-state index in [1.54, 1.807) is 0 Å². The predicted octanol–water partition coefficient (Wildman–Crippen LogP) is -1.99. The number of hydrogen-bond donors (Lipinski definition) is 6. The molecule has 2 heterocycles. The highest BCUT2D eigenvalue weighted by Crippen LogP contribution is 2.25. The second kappa shape index (κ2) is 4.41. The molecule has 10 nitrogen and oxygen atoms in total. The van der Waals surface area contributed by atoms with Crippen molar-refractivity contribution in [2.24, 2.45) is 0 Å². The molecule has 0 unspecified atom stereocenters. The number of fused-ring (bicyclic) bond motifs is 1. The van der Waals surface area contributed by atoms with Gasteiger partial charge in [0.15, 0.2) is 5.65 Å². The third-order valence-electron chi connectivity index (χ3n) is 1.33. The van der Waals surface area contributed by atoms with Crippen LogP contribution in [0.3, 0.4) is 0 Å². The van der Waals surface area contributed by atoms with E-state index in [4.69, 9.17) is 19.2 Å². The Labute approximate surface area is 86.2 Å². The van der Waals surface area contributed by atoms with Crippen molar-refractivity contribution in [3.05, 3.63) is 27.2 Å². The molecule has 0 amide bonds. The van der Waals surface area contributed by atoms with Crippen LogP contribution in [0.15, 0.2) is 15.9 Å². The van der Waals surface area contributed by atoms with Crippen LogP contribution in [0.2, 0.25) is 0 Å². The standard InChI is InChI=1S/C5H4N4O2.H3O4P/c10-4-2-3(7-1-6-2)8-5(11)9-4;1-5(2,3)4/h1H,(H3,6,7,8,9,10,11);(H3,1,2,3,4). The fraction of sp³-hybridized carbons (Fsp3) is 0. The summed E-state index contributed by atoms with van der Waals surface area (Å²) in [6.07, 6.45) is 1.34. The molecular formula is C5H7N4O6P. The summed E-state index contributed by atoms with van der Waals surface area (Å²) in [7, 11) is -4.64. The highest BCUT2D eigenvalue weighted by molar-refractivity contribution is 7.45. The molecule has 0 bridgehead atoms. The Balaban J connectivity index is 0.000000221. The number of H-pyrrole nitrogens is 3. The van der Waals surface area contributed by atoms with Gasteiger partial charge in [-0.25, -0.2) is 14.3 Å². The molecule has 0 saturated heterocycles. The van der Waals surface area contributed by atoms with Crippen molar-refractivity contribution >= 4 is 19.0 Å².